The van der Waals surface area contributed by atoms with Gasteiger partial charge < -0.3 is 30.3 Å². The highest BCUT2D eigenvalue weighted by molar-refractivity contribution is 6.58. The Balaban J connectivity index is 4.24. The van der Waals surface area contributed by atoms with Crippen LogP contribution in [-0.2, 0) is 4.79 Å². The first-order valence-electron chi connectivity index (χ1n) is 3.75. The van der Waals surface area contributed by atoms with Gasteiger partial charge in [0.05, 0.1) is 11.3 Å². The zero-order chi connectivity index (χ0) is 10.6. The summed E-state index contributed by atoms with van der Waals surface area (Å²) in [5.41, 5.74) is 0. The number of carbonyl (C=O) groups is 1. The van der Waals surface area contributed by atoms with Gasteiger partial charge in [0.2, 0.25) is 0 Å². The second-order valence-electron chi connectivity index (χ2n) is 2.79. The van der Waals surface area contributed by atoms with Crippen molar-refractivity contribution in [2.45, 2.75) is 24.4 Å². The van der Waals surface area contributed by atoms with E-state index in [4.69, 9.17) is 25.5 Å². The number of aliphatic hydroxyl groups is 5. The van der Waals surface area contributed by atoms with Crippen LogP contribution in [0.1, 0.15) is 0 Å². The van der Waals surface area contributed by atoms with Crippen molar-refractivity contribution in [2.75, 3.05) is 6.61 Å². The van der Waals surface area contributed by atoms with Crippen LogP contribution in [0.2, 0.25) is 0 Å². The average Bonchev–Trinajstić information content (AvgIpc) is 2.12. The summed E-state index contributed by atoms with van der Waals surface area (Å²) in [6.45, 7) is -0.750. The summed E-state index contributed by atoms with van der Waals surface area (Å²) >= 11 is 0.0397. The monoisotopic (exact) mass is 208 g/mol. The molecule has 0 saturated heterocycles. The van der Waals surface area contributed by atoms with Gasteiger partial charge in [-0.05, 0) is 0 Å². The van der Waals surface area contributed by atoms with Crippen LogP contribution in [0, 0.1) is 0 Å². The van der Waals surface area contributed by atoms with Gasteiger partial charge in [0, 0.05) is 0 Å². The lowest BCUT2D eigenvalue weighted by molar-refractivity contribution is -0.140. The van der Waals surface area contributed by atoms with Crippen LogP contribution >= 0.6 is 0 Å². The summed E-state index contributed by atoms with van der Waals surface area (Å²) in [6, 6.07) is 0. The van der Waals surface area contributed by atoms with E-state index in [0.29, 0.717) is 0 Å². The van der Waals surface area contributed by atoms with E-state index >= 15 is 0 Å². The Bertz CT molecular complexity index is 175. The highest BCUT2D eigenvalue weighted by Gasteiger charge is 2.31. The number of hydrogen-bond donors (Lipinski definition) is 5. The van der Waals surface area contributed by atoms with Crippen molar-refractivity contribution >= 4 is 20.9 Å². The Morgan fingerprint density at radius 1 is 1.15 bits per heavy atom. The van der Waals surface area contributed by atoms with E-state index in [9.17, 15) is 4.79 Å². The second-order valence-corrected chi connectivity index (χ2v) is 3.77. The van der Waals surface area contributed by atoms with Crippen molar-refractivity contribution in [1.82, 2.24) is 0 Å². The molecule has 0 unspecified atom stereocenters. The van der Waals surface area contributed by atoms with Crippen LogP contribution in [-0.4, -0.2) is 77.5 Å². The minimum absolute atomic E-state index is 0.0397. The minimum Gasteiger partial charge on any atom is -0.394 e. The van der Waals surface area contributed by atoms with E-state index in [-0.39, 0.29) is 16.3 Å². The van der Waals surface area contributed by atoms with Gasteiger partial charge in [0.1, 0.15) is 24.4 Å². The Hall–Kier alpha value is 0.00247. The maximum atomic E-state index is 10.6. The van der Waals surface area contributed by atoms with Crippen LogP contribution in [0.4, 0.5) is 0 Å². The van der Waals surface area contributed by atoms with E-state index in [1.165, 1.54) is 0 Å². The molecule has 0 heterocycles. The molecule has 0 radical (unpaired) electrons. The minimum atomic E-state index is -1.76. The predicted molar refractivity (Wildman–Crippen MR) is 44.7 cm³/mol. The molecule has 0 aliphatic heterocycles. The quantitative estimate of drug-likeness (QED) is 0.291. The highest BCUT2D eigenvalue weighted by Crippen LogP contribution is 2.04. The fourth-order valence-corrected chi connectivity index (χ4v) is 1.10. The Labute approximate surface area is 82.9 Å². The SMILES string of the molecule is O=[C]([AlH2])[C@H](O)[C@@H](O)[C@H](O)[C@H](O)CO. The van der Waals surface area contributed by atoms with Gasteiger partial charge in [-0.1, -0.05) is 0 Å². The van der Waals surface area contributed by atoms with Crippen LogP contribution in [0.25, 0.3) is 0 Å². The molecular formula is C6H13AlO6. The topological polar surface area (TPSA) is 118 Å². The van der Waals surface area contributed by atoms with Crippen LogP contribution in [0.3, 0.4) is 0 Å². The van der Waals surface area contributed by atoms with Crippen molar-refractivity contribution in [1.29, 1.82) is 0 Å². The standard InChI is InChI=1S/C6H11O6.Al.2H/c7-1-3(9)5(11)6(12)4(10)2-8;;;/h3-7,9-12H,1H2;;;/t3-,4+,5-,6-;;;/m1.../s1. The zero-order valence-electron chi connectivity index (χ0n) is 7.16. The number of aliphatic hydroxyl groups excluding tert-OH is 5. The largest absolute Gasteiger partial charge is 0.394 e. The van der Waals surface area contributed by atoms with Crippen molar-refractivity contribution in [3.05, 3.63) is 0 Å². The molecular weight excluding hydrogens is 195 g/mol. The van der Waals surface area contributed by atoms with Gasteiger partial charge in [-0.2, -0.15) is 0 Å². The van der Waals surface area contributed by atoms with Gasteiger partial charge in [-0.3, -0.25) is 0 Å². The number of carbonyl (C=O) groups excluding carboxylic acids is 1. The lowest BCUT2D eigenvalue weighted by atomic mass is 10.0. The van der Waals surface area contributed by atoms with Gasteiger partial charge in [0.25, 0.3) is 0 Å². The molecule has 0 aliphatic carbocycles. The molecule has 7 heteroatoms. The summed E-state index contributed by atoms with van der Waals surface area (Å²) in [7, 11) is 0. The number of hydrogen-bond acceptors (Lipinski definition) is 6. The number of rotatable bonds is 5. The second kappa shape index (κ2) is 5.67. The van der Waals surface area contributed by atoms with Crippen LogP contribution in [0.15, 0.2) is 0 Å². The summed E-state index contributed by atoms with van der Waals surface area (Å²) in [6.07, 6.45) is -6.74. The first-order valence-corrected chi connectivity index (χ1v) is 4.75. The molecule has 0 rings (SSSR count). The van der Waals surface area contributed by atoms with E-state index in [1.807, 2.05) is 0 Å². The van der Waals surface area contributed by atoms with Crippen molar-refractivity contribution in [3.8, 4) is 0 Å². The Morgan fingerprint density at radius 3 is 1.92 bits per heavy atom. The third kappa shape index (κ3) is 3.71. The normalized spacial score (nSPS) is 20.4. The molecule has 76 valence electrons. The predicted octanol–water partition coefficient (Wildman–Crippen LogP) is -4.42. The third-order valence-corrected chi connectivity index (χ3v) is 2.26. The smallest absolute Gasteiger partial charge is 0.323 e. The summed E-state index contributed by atoms with van der Waals surface area (Å²) in [5, 5.41) is 44.4. The molecule has 5 N–H and O–H groups in total. The van der Waals surface area contributed by atoms with Crippen LogP contribution in [0.5, 0.6) is 0 Å². The van der Waals surface area contributed by atoms with Crippen molar-refractivity contribution < 1.29 is 30.3 Å². The first kappa shape index (κ1) is 13.0. The fourth-order valence-electron chi connectivity index (χ4n) is 0.763. The van der Waals surface area contributed by atoms with E-state index in [0.717, 1.165) is 0 Å². The van der Waals surface area contributed by atoms with Crippen molar-refractivity contribution in [3.63, 3.8) is 0 Å². The summed E-state index contributed by atoms with van der Waals surface area (Å²) < 4.78 is -0.586. The summed E-state index contributed by atoms with van der Waals surface area (Å²) in [5.74, 6) is 0. The summed E-state index contributed by atoms with van der Waals surface area (Å²) in [4.78, 5) is 10.6. The molecule has 0 aromatic rings. The average molecular weight is 208 g/mol. The third-order valence-electron chi connectivity index (χ3n) is 1.67. The molecule has 0 saturated carbocycles. The van der Waals surface area contributed by atoms with E-state index in [1.54, 1.807) is 0 Å². The van der Waals surface area contributed by atoms with Crippen molar-refractivity contribution in [2.24, 2.45) is 0 Å². The van der Waals surface area contributed by atoms with Crippen LogP contribution < -0.4 is 0 Å². The molecule has 4 atom stereocenters. The molecule has 0 aromatic heterocycles. The molecule has 0 aliphatic rings. The van der Waals surface area contributed by atoms with E-state index in [2.05, 4.69) is 0 Å². The lowest BCUT2D eigenvalue weighted by Crippen LogP contribution is -2.48. The fraction of sp³-hybridized carbons (Fsp3) is 0.833. The maximum absolute atomic E-state index is 10.6. The molecule has 0 aromatic carbocycles. The lowest BCUT2D eigenvalue weighted by Gasteiger charge is -2.24. The highest BCUT2D eigenvalue weighted by atomic mass is 27.0. The molecule has 0 bridgehead atoms. The maximum Gasteiger partial charge on any atom is 0.323 e. The first-order chi connectivity index (χ1) is 5.91. The molecule has 0 spiro atoms. The Morgan fingerprint density at radius 2 is 1.62 bits per heavy atom. The molecule has 6 nitrogen and oxygen atoms in total. The van der Waals surface area contributed by atoms with Gasteiger partial charge in [0.15, 0.2) is 0 Å². The van der Waals surface area contributed by atoms with Gasteiger partial charge >= 0.3 is 16.3 Å². The molecule has 13 heavy (non-hydrogen) atoms. The zero-order valence-corrected chi connectivity index (χ0v) is 9.16. The van der Waals surface area contributed by atoms with E-state index < -0.39 is 35.7 Å². The Kier molecular flexibility index (Phi) is 5.67. The van der Waals surface area contributed by atoms with Gasteiger partial charge in [-0.25, -0.2) is 0 Å². The molecule has 0 amide bonds. The van der Waals surface area contributed by atoms with Gasteiger partial charge in [-0.15, -0.1) is 0 Å². The molecule has 0 fully saturated rings.